The lowest BCUT2D eigenvalue weighted by Crippen LogP contribution is -2.50. The highest BCUT2D eigenvalue weighted by Gasteiger charge is 2.44. The molecule has 2 N–H and O–H groups in total. The van der Waals surface area contributed by atoms with E-state index in [1.54, 1.807) is 12.0 Å². The summed E-state index contributed by atoms with van der Waals surface area (Å²) in [4.78, 5) is 14.6. The fraction of sp³-hybridized carbons (Fsp3) is 0.409. The van der Waals surface area contributed by atoms with Crippen LogP contribution in [0, 0.1) is 0 Å². The van der Waals surface area contributed by atoms with Crippen molar-refractivity contribution in [3.8, 4) is 5.75 Å². The molecular weight excluding hydrogens is 358 g/mol. The lowest BCUT2D eigenvalue weighted by molar-refractivity contribution is -0.0892. The van der Waals surface area contributed by atoms with Crippen molar-refractivity contribution < 1.29 is 24.5 Å². The summed E-state index contributed by atoms with van der Waals surface area (Å²) < 4.78 is 11.1. The van der Waals surface area contributed by atoms with Crippen molar-refractivity contribution in [2.45, 2.75) is 37.5 Å². The second-order valence-corrected chi connectivity index (χ2v) is 7.16. The summed E-state index contributed by atoms with van der Waals surface area (Å²) in [5, 5.41) is 19.4. The van der Waals surface area contributed by atoms with Crippen LogP contribution < -0.4 is 4.74 Å². The number of hydrogen-bond donors (Lipinski definition) is 2. The van der Waals surface area contributed by atoms with E-state index in [-0.39, 0.29) is 19.1 Å². The highest BCUT2D eigenvalue weighted by molar-refractivity contribution is 5.70. The van der Waals surface area contributed by atoms with E-state index >= 15 is 0 Å². The smallest absolute Gasteiger partial charge is 0.411 e. The van der Waals surface area contributed by atoms with Crippen molar-refractivity contribution in [2.75, 3.05) is 20.3 Å². The van der Waals surface area contributed by atoms with E-state index in [9.17, 15) is 15.0 Å². The van der Waals surface area contributed by atoms with E-state index in [1.807, 2.05) is 61.5 Å². The number of methoxy groups -OCH3 is 1. The normalized spacial score (nSPS) is 21.7. The number of benzene rings is 2. The molecule has 3 atom stereocenters. The summed E-state index contributed by atoms with van der Waals surface area (Å²) >= 11 is 0. The number of aliphatic hydroxyl groups excluding tert-OH is 2. The summed E-state index contributed by atoms with van der Waals surface area (Å²) in [7, 11) is 1.62. The van der Waals surface area contributed by atoms with Crippen LogP contribution in [-0.2, 0) is 10.3 Å². The Kier molecular flexibility index (Phi) is 6.21. The van der Waals surface area contributed by atoms with Gasteiger partial charge in [0.2, 0.25) is 0 Å². The van der Waals surface area contributed by atoms with Crippen LogP contribution in [0.1, 0.15) is 36.9 Å². The van der Waals surface area contributed by atoms with E-state index < -0.39 is 17.8 Å². The van der Waals surface area contributed by atoms with E-state index in [2.05, 4.69) is 0 Å². The maximum atomic E-state index is 12.9. The molecule has 0 radical (unpaired) electrons. The zero-order chi connectivity index (χ0) is 20.1. The van der Waals surface area contributed by atoms with Gasteiger partial charge in [-0.3, -0.25) is 0 Å². The minimum Gasteiger partial charge on any atom is -0.497 e. The molecule has 6 nitrogen and oxygen atoms in total. The molecule has 0 bridgehead atoms. The fourth-order valence-electron chi connectivity index (χ4n) is 3.74. The molecular formula is C22H27NO5. The number of aliphatic hydroxyl groups is 2. The van der Waals surface area contributed by atoms with Crippen LogP contribution in [0.5, 0.6) is 5.75 Å². The molecule has 0 spiro atoms. The summed E-state index contributed by atoms with van der Waals surface area (Å²) in [6.07, 6.45) is -0.702. The molecule has 1 amide bonds. The van der Waals surface area contributed by atoms with E-state index in [0.29, 0.717) is 13.0 Å². The maximum Gasteiger partial charge on any atom is 0.411 e. The zero-order valence-corrected chi connectivity index (χ0v) is 16.2. The van der Waals surface area contributed by atoms with Crippen LogP contribution >= 0.6 is 0 Å². The molecule has 2 aromatic rings. The van der Waals surface area contributed by atoms with E-state index in [4.69, 9.17) is 9.47 Å². The molecule has 0 saturated carbocycles. The largest absolute Gasteiger partial charge is 0.497 e. The third-order valence-corrected chi connectivity index (χ3v) is 5.42. The highest BCUT2D eigenvalue weighted by atomic mass is 16.6. The summed E-state index contributed by atoms with van der Waals surface area (Å²) in [5.41, 5.74) is 0.865. The molecule has 1 aliphatic rings. The average Bonchev–Trinajstić information content (AvgIpc) is 2.74. The Balaban J connectivity index is 1.81. The number of rotatable bonds is 7. The molecule has 1 fully saturated rings. The minimum atomic E-state index is -0.960. The van der Waals surface area contributed by atoms with Crippen LogP contribution in [0.4, 0.5) is 4.79 Å². The van der Waals surface area contributed by atoms with Gasteiger partial charge in [-0.25, -0.2) is 4.79 Å². The summed E-state index contributed by atoms with van der Waals surface area (Å²) in [6.45, 7) is 2.07. The van der Waals surface area contributed by atoms with Gasteiger partial charge in [0.05, 0.1) is 25.9 Å². The SMILES string of the molecule is COc1ccc(C(C)N2CCC(CC(O)CO)(c3ccccc3)OC2=O)cc1. The predicted molar refractivity (Wildman–Crippen MR) is 105 cm³/mol. The first kappa shape index (κ1) is 20.2. The molecule has 28 heavy (non-hydrogen) atoms. The summed E-state index contributed by atoms with van der Waals surface area (Å²) in [5.74, 6) is 0.762. The molecule has 3 unspecified atom stereocenters. The third kappa shape index (κ3) is 4.13. The molecule has 1 heterocycles. The predicted octanol–water partition coefficient (Wildman–Crippen LogP) is 3.24. The van der Waals surface area contributed by atoms with Crippen molar-refractivity contribution >= 4 is 6.09 Å². The Morgan fingerprint density at radius 3 is 2.43 bits per heavy atom. The molecule has 0 aromatic heterocycles. The number of cyclic esters (lactones) is 1. The van der Waals surface area contributed by atoms with Crippen LogP contribution in [0.25, 0.3) is 0 Å². The van der Waals surface area contributed by atoms with Gasteiger partial charge in [-0.15, -0.1) is 0 Å². The third-order valence-electron chi connectivity index (χ3n) is 5.42. The van der Waals surface area contributed by atoms with Crippen molar-refractivity contribution in [1.29, 1.82) is 0 Å². The fourth-order valence-corrected chi connectivity index (χ4v) is 3.74. The van der Waals surface area contributed by atoms with Crippen LogP contribution in [0.15, 0.2) is 54.6 Å². The van der Waals surface area contributed by atoms with Gasteiger partial charge >= 0.3 is 6.09 Å². The lowest BCUT2D eigenvalue weighted by atomic mass is 9.83. The number of carbonyl (C=O) groups is 1. The van der Waals surface area contributed by atoms with Crippen LogP contribution in [-0.4, -0.2) is 47.6 Å². The second kappa shape index (κ2) is 8.63. The second-order valence-electron chi connectivity index (χ2n) is 7.16. The number of carbonyl (C=O) groups excluding carboxylic acids is 1. The van der Waals surface area contributed by atoms with Gasteiger partial charge in [-0.2, -0.15) is 0 Å². The van der Waals surface area contributed by atoms with Gasteiger partial charge in [0, 0.05) is 19.4 Å². The van der Waals surface area contributed by atoms with Crippen molar-refractivity contribution in [3.63, 3.8) is 0 Å². The minimum absolute atomic E-state index is 0.157. The summed E-state index contributed by atoms with van der Waals surface area (Å²) in [6, 6.07) is 16.9. The molecule has 1 aliphatic heterocycles. The molecule has 2 aromatic carbocycles. The number of nitrogens with zero attached hydrogens (tertiary/aromatic N) is 1. The molecule has 1 saturated heterocycles. The first-order chi connectivity index (χ1) is 13.5. The first-order valence-electron chi connectivity index (χ1n) is 9.47. The Hall–Kier alpha value is -2.57. The standard InChI is InChI=1S/C22H27NO5/c1-16(17-8-10-20(27-2)11-9-17)23-13-12-22(28-21(23)26,14-19(25)15-24)18-6-4-3-5-7-18/h3-11,16,19,24-25H,12-15H2,1-2H3. The molecule has 3 rings (SSSR count). The topological polar surface area (TPSA) is 79.2 Å². The van der Waals surface area contributed by atoms with Gasteiger partial charge in [0.15, 0.2) is 0 Å². The Morgan fingerprint density at radius 2 is 1.86 bits per heavy atom. The molecule has 150 valence electrons. The molecule has 0 aliphatic carbocycles. The van der Waals surface area contributed by atoms with Crippen LogP contribution in [0.3, 0.4) is 0 Å². The highest BCUT2D eigenvalue weighted by Crippen LogP contribution is 2.40. The van der Waals surface area contributed by atoms with Gasteiger partial charge in [0.1, 0.15) is 11.4 Å². The number of hydrogen-bond acceptors (Lipinski definition) is 5. The van der Waals surface area contributed by atoms with Crippen molar-refractivity contribution in [1.82, 2.24) is 4.90 Å². The zero-order valence-electron chi connectivity index (χ0n) is 16.2. The lowest BCUT2D eigenvalue weighted by Gasteiger charge is -2.44. The van der Waals surface area contributed by atoms with Crippen LogP contribution in [0.2, 0.25) is 0 Å². The Morgan fingerprint density at radius 1 is 1.18 bits per heavy atom. The number of amides is 1. The Bertz CT molecular complexity index is 779. The van der Waals surface area contributed by atoms with Gasteiger partial charge in [-0.05, 0) is 30.2 Å². The maximum absolute atomic E-state index is 12.9. The quantitative estimate of drug-likeness (QED) is 0.765. The average molecular weight is 385 g/mol. The Labute approximate surface area is 165 Å². The monoisotopic (exact) mass is 385 g/mol. The molecule has 6 heteroatoms. The van der Waals surface area contributed by atoms with Crippen molar-refractivity contribution in [2.24, 2.45) is 0 Å². The first-order valence-corrected chi connectivity index (χ1v) is 9.47. The van der Waals surface area contributed by atoms with E-state index in [0.717, 1.165) is 16.9 Å². The van der Waals surface area contributed by atoms with Gasteiger partial charge in [-0.1, -0.05) is 42.5 Å². The van der Waals surface area contributed by atoms with Gasteiger partial charge in [0.25, 0.3) is 0 Å². The number of ether oxygens (including phenoxy) is 2. The van der Waals surface area contributed by atoms with Crippen molar-refractivity contribution in [3.05, 3.63) is 65.7 Å². The van der Waals surface area contributed by atoms with E-state index in [1.165, 1.54) is 0 Å². The van der Waals surface area contributed by atoms with Gasteiger partial charge < -0.3 is 24.6 Å².